The number of ether oxygens (including phenoxy) is 1. The average molecular weight is 277 g/mol. The van der Waals surface area contributed by atoms with E-state index >= 15 is 0 Å². The standard InChI is InChI=1S/C15H19NO2S/c17-15(9-12-10-19-7-6-16-12)11-2-1-3-14(8-11)18-13-4-5-13/h1-3,8,12-13,16H,4-7,9-10H2. The lowest BCUT2D eigenvalue weighted by molar-refractivity contribution is 0.0971. The van der Waals surface area contributed by atoms with Gasteiger partial charge in [-0.3, -0.25) is 4.79 Å². The first-order chi connectivity index (χ1) is 9.31. The molecule has 0 bridgehead atoms. The van der Waals surface area contributed by atoms with Gasteiger partial charge in [-0.05, 0) is 25.0 Å². The minimum absolute atomic E-state index is 0.209. The zero-order valence-corrected chi connectivity index (χ0v) is 11.7. The van der Waals surface area contributed by atoms with Gasteiger partial charge in [0, 0.05) is 36.1 Å². The van der Waals surface area contributed by atoms with Crippen LogP contribution in [0, 0.1) is 0 Å². The van der Waals surface area contributed by atoms with Gasteiger partial charge < -0.3 is 10.1 Å². The highest BCUT2D eigenvalue weighted by Crippen LogP contribution is 2.27. The predicted molar refractivity (Wildman–Crippen MR) is 78.2 cm³/mol. The maximum atomic E-state index is 12.3. The molecule has 2 aliphatic rings. The smallest absolute Gasteiger partial charge is 0.164 e. The number of ketones is 1. The lowest BCUT2D eigenvalue weighted by Gasteiger charge is -2.22. The topological polar surface area (TPSA) is 38.3 Å². The largest absolute Gasteiger partial charge is 0.490 e. The highest BCUT2D eigenvalue weighted by atomic mass is 32.2. The molecule has 1 unspecified atom stereocenters. The van der Waals surface area contributed by atoms with E-state index in [9.17, 15) is 4.79 Å². The molecule has 1 saturated carbocycles. The number of hydrogen-bond acceptors (Lipinski definition) is 4. The van der Waals surface area contributed by atoms with Crippen molar-refractivity contribution < 1.29 is 9.53 Å². The molecule has 1 heterocycles. The van der Waals surface area contributed by atoms with Gasteiger partial charge in [0.1, 0.15) is 5.75 Å². The minimum atomic E-state index is 0.209. The van der Waals surface area contributed by atoms with Gasteiger partial charge >= 0.3 is 0 Å². The summed E-state index contributed by atoms with van der Waals surface area (Å²) in [6, 6.07) is 7.94. The molecule has 0 amide bonds. The quantitative estimate of drug-likeness (QED) is 0.839. The second-order valence-electron chi connectivity index (χ2n) is 5.20. The van der Waals surface area contributed by atoms with Gasteiger partial charge in [-0.1, -0.05) is 12.1 Å². The number of carbonyl (C=O) groups excluding carboxylic acids is 1. The molecule has 0 aromatic heterocycles. The molecule has 4 heteroatoms. The molecule has 1 aromatic carbocycles. The Balaban J connectivity index is 1.61. The highest BCUT2D eigenvalue weighted by Gasteiger charge is 2.24. The van der Waals surface area contributed by atoms with Gasteiger partial charge in [0.2, 0.25) is 0 Å². The Hall–Kier alpha value is -1.00. The van der Waals surface area contributed by atoms with Crippen molar-refractivity contribution in [3.63, 3.8) is 0 Å². The SMILES string of the molecule is O=C(CC1CSCCN1)c1cccc(OC2CC2)c1. The molecule has 1 saturated heterocycles. The van der Waals surface area contributed by atoms with E-state index in [1.165, 1.54) is 0 Å². The minimum Gasteiger partial charge on any atom is -0.490 e. The molecule has 102 valence electrons. The Morgan fingerprint density at radius 3 is 3.05 bits per heavy atom. The van der Waals surface area contributed by atoms with Crippen molar-refractivity contribution in [2.24, 2.45) is 0 Å². The normalized spacial score (nSPS) is 23.1. The summed E-state index contributed by atoms with van der Waals surface area (Å²) in [7, 11) is 0. The summed E-state index contributed by atoms with van der Waals surface area (Å²) < 4.78 is 5.73. The van der Waals surface area contributed by atoms with E-state index in [4.69, 9.17) is 4.74 Å². The Kier molecular flexibility index (Phi) is 4.09. The molecule has 3 nitrogen and oxygen atoms in total. The number of hydrogen-bond donors (Lipinski definition) is 1. The molecule has 1 aliphatic carbocycles. The number of rotatable bonds is 5. The van der Waals surface area contributed by atoms with Crippen molar-refractivity contribution in [2.45, 2.75) is 31.4 Å². The molecular formula is C15H19NO2S. The second kappa shape index (κ2) is 5.97. The van der Waals surface area contributed by atoms with E-state index in [0.717, 1.165) is 42.2 Å². The summed E-state index contributed by atoms with van der Waals surface area (Å²) in [5, 5.41) is 3.40. The highest BCUT2D eigenvalue weighted by molar-refractivity contribution is 7.99. The van der Waals surface area contributed by atoms with Crippen molar-refractivity contribution in [3.05, 3.63) is 29.8 Å². The molecule has 0 radical (unpaired) electrons. The summed E-state index contributed by atoms with van der Waals surface area (Å²) in [5.41, 5.74) is 0.774. The third-order valence-electron chi connectivity index (χ3n) is 3.41. The Morgan fingerprint density at radius 2 is 2.32 bits per heavy atom. The molecule has 19 heavy (non-hydrogen) atoms. The van der Waals surface area contributed by atoms with Gasteiger partial charge in [0.25, 0.3) is 0 Å². The Labute approximate surface area is 118 Å². The average Bonchev–Trinajstić information content (AvgIpc) is 3.24. The number of benzene rings is 1. The lowest BCUT2D eigenvalue weighted by Crippen LogP contribution is -2.38. The van der Waals surface area contributed by atoms with Crippen molar-refractivity contribution in [1.82, 2.24) is 5.32 Å². The summed E-state index contributed by atoms with van der Waals surface area (Å²) in [5.74, 6) is 3.22. The van der Waals surface area contributed by atoms with E-state index in [2.05, 4.69) is 5.32 Å². The first-order valence-corrected chi connectivity index (χ1v) is 8.08. The Morgan fingerprint density at radius 1 is 1.42 bits per heavy atom. The fourth-order valence-corrected chi connectivity index (χ4v) is 3.16. The van der Waals surface area contributed by atoms with Crippen molar-refractivity contribution >= 4 is 17.5 Å². The maximum absolute atomic E-state index is 12.3. The lowest BCUT2D eigenvalue weighted by atomic mass is 10.0. The van der Waals surface area contributed by atoms with Crippen LogP contribution in [0.5, 0.6) is 5.75 Å². The van der Waals surface area contributed by atoms with Crippen LogP contribution in [0.3, 0.4) is 0 Å². The summed E-state index contributed by atoms with van der Waals surface area (Å²) >= 11 is 1.92. The van der Waals surface area contributed by atoms with Crippen molar-refractivity contribution in [3.8, 4) is 5.75 Å². The summed E-state index contributed by atoms with van der Waals surface area (Å²) in [4.78, 5) is 12.3. The van der Waals surface area contributed by atoms with E-state index in [1.54, 1.807) is 0 Å². The number of carbonyl (C=O) groups is 1. The van der Waals surface area contributed by atoms with Crippen LogP contribution in [0.4, 0.5) is 0 Å². The molecule has 1 atom stereocenters. The summed E-state index contributed by atoms with van der Waals surface area (Å²) in [6.07, 6.45) is 3.24. The van der Waals surface area contributed by atoms with Gasteiger partial charge in [-0.2, -0.15) is 11.8 Å². The van der Waals surface area contributed by atoms with Gasteiger partial charge in [-0.15, -0.1) is 0 Å². The fraction of sp³-hybridized carbons (Fsp3) is 0.533. The summed E-state index contributed by atoms with van der Waals surface area (Å²) in [6.45, 7) is 1.01. The number of thioether (sulfide) groups is 1. The molecule has 1 N–H and O–H groups in total. The molecule has 3 rings (SSSR count). The zero-order valence-electron chi connectivity index (χ0n) is 10.9. The molecule has 0 spiro atoms. The van der Waals surface area contributed by atoms with Crippen molar-refractivity contribution in [1.29, 1.82) is 0 Å². The number of Topliss-reactive ketones (excluding diaryl/α,β-unsaturated/α-hetero) is 1. The van der Waals surface area contributed by atoms with Crippen LogP contribution in [-0.4, -0.2) is 36.0 Å². The van der Waals surface area contributed by atoms with Gasteiger partial charge in [0.15, 0.2) is 5.78 Å². The van der Waals surface area contributed by atoms with Crippen molar-refractivity contribution in [2.75, 3.05) is 18.1 Å². The molecule has 2 fully saturated rings. The monoisotopic (exact) mass is 277 g/mol. The van der Waals surface area contributed by atoms with E-state index < -0.39 is 0 Å². The molecular weight excluding hydrogens is 258 g/mol. The van der Waals surface area contributed by atoms with Crippen LogP contribution < -0.4 is 10.1 Å². The van der Waals surface area contributed by atoms with E-state index in [0.29, 0.717) is 18.6 Å². The maximum Gasteiger partial charge on any atom is 0.164 e. The zero-order chi connectivity index (χ0) is 13.1. The van der Waals surface area contributed by atoms with E-state index in [-0.39, 0.29) is 5.78 Å². The first-order valence-electron chi connectivity index (χ1n) is 6.92. The van der Waals surface area contributed by atoms with Crippen LogP contribution >= 0.6 is 11.8 Å². The Bertz CT molecular complexity index is 453. The van der Waals surface area contributed by atoms with E-state index in [1.807, 2.05) is 36.0 Å². The van der Waals surface area contributed by atoms with Crippen LogP contribution in [0.25, 0.3) is 0 Å². The van der Waals surface area contributed by atoms with Gasteiger partial charge in [-0.25, -0.2) is 0 Å². The predicted octanol–water partition coefficient (Wildman–Crippen LogP) is 2.51. The van der Waals surface area contributed by atoms with Crippen LogP contribution in [0.2, 0.25) is 0 Å². The third kappa shape index (κ3) is 3.74. The van der Waals surface area contributed by atoms with Crippen LogP contribution in [0.1, 0.15) is 29.6 Å². The van der Waals surface area contributed by atoms with Gasteiger partial charge in [0.05, 0.1) is 6.10 Å². The second-order valence-corrected chi connectivity index (χ2v) is 6.35. The molecule has 1 aliphatic heterocycles. The number of nitrogens with one attached hydrogen (secondary N) is 1. The van der Waals surface area contributed by atoms with Crippen LogP contribution in [0.15, 0.2) is 24.3 Å². The fourth-order valence-electron chi connectivity index (χ4n) is 2.21. The third-order valence-corrected chi connectivity index (χ3v) is 4.54. The first kappa shape index (κ1) is 13.0. The van der Waals surface area contributed by atoms with Crippen LogP contribution in [-0.2, 0) is 0 Å². The molecule has 1 aromatic rings.